The van der Waals surface area contributed by atoms with E-state index < -0.39 is 12.6 Å². The Morgan fingerprint density at radius 3 is 2.42 bits per heavy atom. The summed E-state index contributed by atoms with van der Waals surface area (Å²) >= 11 is 2.20. The normalized spacial score (nSPS) is 12.3. The molecule has 1 atom stereocenters. The second kappa shape index (κ2) is 9.64. The van der Waals surface area contributed by atoms with E-state index in [9.17, 15) is 4.39 Å². The van der Waals surface area contributed by atoms with Crippen LogP contribution in [0.3, 0.4) is 0 Å². The zero-order chi connectivity index (χ0) is 17.4. The average molecular weight is 437 g/mol. The Kier molecular flexibility index (Phi) is 7.52. The lowest BCUT2D eigenvalue weighted by Crippen LogP contribution is -2.18. The van der Waals surface area contributed by atoms with Crippen LogP contribution in [0.15, 0.2) is 42.5 Å². The fraction of sp³-hybridized carbons (Fsp3) is 0.263. The topological polar surface area (TPSA) is 41.5 Å². The predicted octanol–water partition coefficient (Wildman–Crippen LogP) is 4.46. The number of hydrogen-bond donors (Lipinski definition) is 2. The van der Waals surface area contributed by atoms with E-state index >= 15 is 0 Å². The van der Waals surface area contributed by atoms with Gasteiger partial charge in [-0.15, -0.1) is 0 Å². The first kappa shape index (κ1) is 18.7. The second-order valence-electron chi connectivity index (χ2n) is 5.41. The summed E-state index contributed by atoms with van der Waals surface area (Å²) < 4.78 is 19.1. The van der Waals surface area contributed by atoms with Gasteiger partial charge in [0.05, 0.1) is 23.5 Å². The van der Waals surface area contributed by atoms with Crippen molar-refractivity contribution < 1.29 is 14.2 Å². The number of ether oxygens (including phenoxy) is 1. The van der Waals surface area contributed by atoms with Gasteiger partial charge in [0.2, 0.25) is 0 Å². The number of halogens is 2. The van der Waals surface area contributed by atoms with Crippen LogP contribution < -0.4 is 10.1 Å². The number of benzene rings is 2. The minimum absolute atomic E-state index is 0.177. The Morgan fingerprint density at radius 1 is 1.17 bits per heavy atom. The largest absolute Gasteiger partial charge is 0.492 e. The van der Waals surface area contributed by atoms with E-state index in [1.54, 1.807) is 0 Å². The molecule has 128 valence electrons. The van der Waals surface area contributed by atoms with Crippen molar-refractivity contribution in [1.29, 1.82) is 0 Å². The molecule has 0 saturated heterocycles. The van der Waals surface area contributed by atoms with Gasteiger partial charge in [-0.25, -0.2) is 0 Å². The highest BCUT2D eigenvalue weighted by Gasteiger charge is 2.09. The molecule has 0 amide bonds. The van der Waals surface area contributed by atoms with Crippen LogP contribution in [0.25, 0.3) is 12.2 Å². The van der Waals surface area contributed by atoms with E-state index in [-0.39, 0.29) is 13.2 Å². The van der Waals surface area contributed by atoms with E-state index in [1.807, 2.05) is 43.5 Å². The third-order valence-electron chi connectivity index (χ3n) is 3.57. The van der Waals surface area contributed by atoms with Gasteiger partial charge in [-0.1, -0.05) is 30.4 Å². The number of anilines is 1. The van der Waals surface area contributed by atoms with Crippen molar-refractivity contribution in [2.75, 3.05) is 32.3 Å². The second-order valence-corrected chi connectivity index (χ2v) is 6.57. The van der Waals surface area contributed by atoms with Crippen molar-refractivity contribution in [2.45, 2.75) is 0 Å². The summed E-state index contributed by atoms with van der Waals surface area (Å²) in [5.41, 5.74) is 3.27. The third kappa shape index (κ3) is 5.49. The van der Waals surface area contributed by atoms with Gasteiger partial charge in [0.15, 0.2) is 0 Å². The minimum Gasteiger partial charge on any atom is -0.492 e. The average Bonchev–Trinajstić information content (AvgIpc) is 2.62. The first-order chi connectivity index (χ1) is 11.7. The van der Waals surface area contributed by atoms with Gasteiger partial charge >= 0.3 is 0 Å². The molecule has 0 aliphatic carbocycles. The maximum atomic E-state index is 12.6. The van der Waals surface area contributed by atoms with E-state index in [1.165, 1.54) is 0 Å². The minimum atomic E-state index is -0.583. The molecule has 0 spiro atoms. The van der Waals surface area contributed by atoms with Gasteiger partial charge in [0.25, 0.3) is 0 Å². The summed E-state index contributed by atoms with van der Waals surface area (Å²) in [5.74, 6) is 0.235. The summed E-state index contributed by atoms with van der Waals surface area (Å²) in [4.78, 5) is 0. The molecule has 5 heteroatoms. The lowest BCUT2D eigenvalue weighted by atomic mass is 10.1. The Morgan fingerprint density at radius 2 is 1.83 bits per heavy atom. The molecule has 0 aromatic heterocycles. The highest BCUT2D eigenvalue weighted by atomic mass is 123. The molecule has 0 saturated carbocycles. The molecule has 0 aliphatic rings. The molecule has 2 aromatic rings. The van der Waals surface area contributed by atoms with Gasteiger partial charge in [0, 0.05) is 18.7 Å². The van der Waals surface area contributed by atoms with E-state index in [2.05, 4.69) is 46.1 Å². The Bertz CT molecular complexity index is 670. The summed E-state index contributed by atoms with van der Waals surface area (Å²) in [5, 5.41) is 12.1. The molecular formula is C19H21FINO2. The van der Waals surface area contributed by atoms with Crippen molar-refractivity contribution >= 4 is 40.4 Å². The van der Waals surface area contributed by atoms with Crippen LogP contribution >= 0.6 is 22.6 Å². The maximum Gasteiger partial charge on any atom is 0.132 e. The van der Waals surface area contributed by atoms with Crippen molar-refractivity contribution in [3.05, 3.63) is 57.2 Å². The van der Waals surface area contributed by atoms with Gasteiger partial charge in [-0.3, -0.25) is 4.39 Å². The van der Waals surface area contributed by atoms with Crippen LogP contribution in [-0.2, 0) is 0 Å². The number of hydrogen-bond acceptors (Lipinski definition) is 3. The Hall–Kier alpha value is -1.60. The lowest BCUT2D eigenvalue weighted by molar-refractivity contribution is 0.139. The van der Waals surface area contributed by atoms with E-state index in [4.69, 9.17) is 9.84 Å². The van der Waals surface area contributed by atoms with Crippen LogP contribution in [0.4, 0.5) is 10.1 Å². The number of alkyl halides is 1. The van der Waals surface area contributed by atoms with Crippen LogP contribution in [0.1, 0.15) is 11.1 Å². The van der Waals surface area contributed by atoms with Crippen LogP contribution in [0, 0.1) is 9.49 Å². The van der Waals surface area contributed by atoms with Crippen molar-refractivity contribution in [2.24, 2.45) is 5.92 Å². The first-order valence-corrected chi connectivity index (χ1v) is 8.79. The van der Waals surface area contributed by atoms with Crippen LogP contribution in [-0.4, -0.2) is 32.0 Å². The van der Waals surface area contributed by atoms with Gasteiger partial charge < -0.3 is 15.2 Å². The quantitative estimate of drug-likeness (QED) is 0.474. The molecule has 24 heavy (non-hydrogen) atoms. The molecule has 2 aromatic carbocycles. The predicted molar refractivity (Wildman–Crippen MR) is 106 cm³/mol. The number of aliphatic hydroxyl groups is 1. The Balaban J connectivity index is 2.01. The standard InChI is InChI=1S/C19H21FINO2/c1-22-17-7-4-14(5-8-17)2-3-15-6-9-19(18(21)10-15)24-13-16(11-20)12-23/h2-10,16,22-23H,11-13H2,1H3/b3-2+/i21-4. The highest BCUT2D eigenvalue weighted by Crippen LogP contribution is 2.24. The molecule has 0 bridgehead atoms. The summed E-state index contributed by atoms with van der Waals surface area (Å²) in [6, 6.07) is 14.0. The summed E-state index contributed by atoms with van der Waals surface area (Å²) in [7, 11) is 1.90. The van der Waals surface area contributed by atoms with Crippen molar-refractivity contribution in [3.63, 3.8) is 0 Å². The Labute approximate surface area is 155 Å². The molecule has 0 heterocycles. The van der Waals surface area contributed by atoms with Crippen molar-refractivity contribution in [1.82, 2.24) is 0 Å². The smallest absolute Gasteiger partial charge is 0.132 e. The SMILES string of the molecule is CNc1ccc(/C=C/c2ccc(OCC(CO)CF)c([123I])c2)cc1. The zero-order valence-corrected chi connectivity index (χ0v) is 15.7. The molecule has 0 radical (unpaired) electrons. The zero-order valence-electron chi connectivity index (χ0n) is 13.5. The third-order valence-corrected chi connectivity index (χ3v) is 4.42. The van der Waals surface area contributed by atoms with Gasteiger partial charge in [-0.05, 0) is 58.0 Å². The van der Waals surface area contributed by atoms with Crippen LogP contribution in [0.2, 0.25) is 0 Å². The van der Waals surface area contributed by atoms with E-state index in [0.29, 0.717) is 5.75 Å². The molecule has 3 nitrogen and oxygen atoms in total. The molecule has 0 fully saturated rings. The lowest BCUT2D eigenvalue weighted by Gasteiger charge is -2.13. The molecule has 0 aliphatic heterocycles. The fourth-order valence-corrected chi connectivity index (χ4v) is 2.74. The van der Waals surface area contributed by atoms with Gasteiger partial charge in [-0.2, -0.15) is 0 Å². The molecule has 2 N–H and O–H groups in total. The van der Waals surface area contributed by atoms with Gasteiger partial charge in [0.1, 0.15) is 5.75 Å². The van der Waals surface area contributed by atoms with Crippen molar-refractivity contribution in [3.8, 4) is 5.75 Å². The molecular weight excluding hydrogens is 416 g/mol. The summed E-state index contributed by atoms with van der Waals surface area (Å²) in [6.45, 7) is -0.615. The monoisotopic (exact) mass is 437 g/mol. The molecule has 2 rings (SSSR count). The highest BCUT2D eigenvalue weighted by molar-refractivity contribution is 14.1. The number of nitrogens with one attached hydrogen (secondary N) is 1. The molecule has 1 unspecified atom stereocenters. The fourth-order valence-electron chi connectivity index (χ4n) is 2.04. The first-order valence-electron chi connectivity index (χ1n) is 7.71. The summed E-state index contributed by atoms with van der Waals surface area (Å²) in [6.07, 6.45) is 4.09. The maximum absolute atomic E-state index is 12.6. The number of rotatable bonds is 8. The van der Waals surface area contributed by atoms with E-state index in [0.717, 1.165) is 20.4 Å². The van der Waals surface area contributed by atoms with Crippen LogP contribution in [0.5, 0.6) is 5.75 Å². The number of aliphatic hydroxyl groups excluding tert-OH is 1.